The van der Waals surface area contributed by atoms with Crippen molar-refractivity contribution in [1.82, 2.24) is 15.0 Å². The van der Waals surface area contributed by atoms with Crippen LogP contribution in [0.2, 0.25) is 0 Å². The predicted molar refractivity (Wildman–Crippen MR) is 89.4 cm³/mol. The van der Waals surface area contributed by atoms with Gasteiger partial charge in [-0.1, -0.05) is 0 Å². The van der Waals surface area contributed by atoms with Crippen LogP contribution in [0.4, 0.5) is 5.82 Å². The smallest absolute Gasteiger partial charge is 0.214 e. The first-order chi connectivity index (χ1) is 10.5. The molecule has 0 aliphatic rings. The molecule has 0 unspecified atom stereocenters. The van der Waals surface area contributed by atoms with E-state index in [-0.39, 0.29) is 5.60 Å². The number of hydrogen-bond acceptors (Lipinski definition) is 6. The van der Waals surface area contributed by atoms with Gasteiger partial charge in [-0.2, -0.15) is 0 Å². The summed E-state index contributed by atoms with van der Waals surface area (Å²) in [5.74, 6) is 1.48. The number of anilines is 1. The molecule has 0 amide bonds. The van der Waals surface area contributed by atoms with E-state index in [2.05, 4.69) is 20.3 Å². The molecule has 0 aliphatic heterocycles. The van der Waals surface area contributed by atoms with Crippen molar-refractivity contribution in [3.05, 3.63) is 41.7 Å². The summed E-state index contributed by atoms with van der Waals surface area (Å²) < 4.78 is 5.79. The molecule has 114 valence electrons. The Hall–Kier alpha value is -2.21. The highest BCUT2D eigenvalue weighted by molar-refractivity contribution is 7.16. The first kappa shape index (κ1) is 14.7. The van der Waals surface area contributed by atoms with Gasteiger partial charge in [-0.15, -0.1) is 11.3 Å². The Morgan fingerprint density at radius 2 is 2.05 bits per heavy atom. The van der Waals surface area contributed by atoms with E-state index >= 15 is 0 Å². The Morgan fingerprint density at radius 3 is 2.86 bits per heavy atom. The minimum absolute atomic E-state index is 0.255. The first-order valence-electron chi connectivity index (χ1n) is 7.07. The summed E-state index contributed by atoms with van der Waals surface area (Å²) in [7, 11) is 0. The molecular formula is C16H18N4OS. The molecule has 6 heteroatoms. The van der Waals surface area contributed by atoms with Gasteiger partial charge >= 0.3 is 0 Å². The number of aromatic nitrogens is 3. The maximum absolute atomic E-state index is 5.79. The van der Waals surface area contributed by atoms with Crippen LogP contribution in [0, 0.1) is 0 Å². The predicted octanol–water partition coefficient (Wildman–Crippen LogP) is 3.88. The van der Waals surface area contributed by atoms with Gasteiger partial charge in [0.25, 0.3) is 0 Å². The van der Waals surface area contributed by atoms with Crippen molar-refractivity contribution >= 4 is 27.4 Å². The molecule has 0 spiro atoms. The molecule has 3 aromatic rings. The molecule has 3 aromatic heterocycles. The van der Waals surface area contributed by atoms with Gasteiger partial charge in [0.2, 0.25) is 5.88 Å². The van der Waals surface area contributed by atoms with Crippen LogP contribution in [0.15, 0.2) is 36.1 Å². The lowest BCUT2D eigenvalue weighted by Gasteiger charge is -2.20. The van der Waals surface area contributed by atoms with Crippen molar-refractivity contribution in [3.63, 3.8) is 0 Å². The van der Waals surface area contributed by atoms with Crippen LogP contribution in [-0.2, 0) is 6.54 Å². The third-order valence-electron chi connectivity index (χ3n) is 2.93. The van der Waals surface area contributed by atoms with E-state index < -0.39 is 0 Å². The van der Waals surface area contributed by atoms with E-state index in [1.165, 1.54) is 0 Å². The number of hydrogen-bond donors (Lipinski definition) is 1. The Labute approximate surface area is 133 Å². The van der Waals surface area contributed by atoms with Gasteiger partial charge in [-0.3, -0.25) is 0 Å². The maximum atomic E-state index is 5.79. The molecule has 0 aromatic carbocycles. The molecule has 5 nitrogen and oxygen atoms in total. The zero-order valence-corrected chi connectivity index (χ0v) is 13.6. The SMILES string of the molecule is CC(C)(C)Oc1cc(CNc2ncnc3sccc23)ccn1. The summed E-state index contributed by atoms with van der Waals surface area (Å²) in [5.41, 5.74) is 0.838. The summed E-state index contributed by atoms with van der Waals surface area (Å²) in [4.78, 5) is 13.8. The van der Waals surface area contributed by atoms with Crippen molar-refractivity contribution in [2.45, 2.75) is 32.9 Å². The molecular weight excluding hydrogens is 296 g/mol. The monoisotopic (exact) mass is 314 g/mol. The largest absolute Gasteiger partial charge is 0.472 e. The lowest BCUT2D eigenvalue weighted by Crippen LogP contribution is -2.23. The Bertz CT molecular complexity index is 779. The van der Waals surface area contributed by atoms with Crippen LogP contribution in [0.1, 0.15) is 26.3 Å². The van der Waals surface area contributed by atoms with Gasteiger partial charge in [0, 0.05) is 18.8 Å². The Morgan fingerprint density at radius 1 is 1.18 bits per heavy atom. The number of fused-ring (bicyclic) bond motifs is 1. The summed E-state index contributed by atoms with van der Waals surface area (Å²) in [6, 6.07) is 5.95. The Kier molecular flexibility index (Phi) is 3.94. The standard InChI is InChI=1S/C16H18N4OS/c1-16(2,3)21-13-8-11(4-6-17-13)9-18-14-12-5-7-22-15(12)20-10-19-14/h4-8,10H,9H2,1-3H3,(H,18,19,20). The second kappa shape index (κ2) is 5.88. The normalized spacial score (nSPS) is 11.6. The summed E-state index contributed by atoms with van der Waals surface area (Å²) >= 11 is 1.61. The molecule has 3 rings (SSSR count). The van der Waals surface area contributed by atoms with Gasteiger partial charge in [0.1, 0.15) is 22.6 Å². The van der Waals surface area contributed by atoms with Gasteiger partial charge in [-0.25, -0.2) is 15.0 Å². The number of pyridine rings is 1. The molecule has 0 fully saturated rings. The lowest BCUT2D eigenvalue weighted by molar-refractivity contribution is 0.124. The third kappa shape index (κ3) is 3.51. The van der Waals surface area contributed by atoms with E-state index in [1.807, 2.05) is 44.4 Å². The number of thiophene rings is 1. The highest BCUT2D eigenvalue weighted by Crippen LogP contribution is 2.24. The fraction of sp³-hybridized carbons (Fsp3) is 0.312. The van der Waals surface area contributed by atoms with E-state index in [4.69, 9.17) is 4.74 Å². The Balaban J connectivity index is 1.74. The van der Waals surface area contributed by atoms with Crippen LogP contribution in [-0.4, -0.2) is 20.6 Å². The van der Waals surface area contributed by atoms with Crippen LogP contribution < -0.4 is 10.1 Å². The molecule has 1 N–H and O–H groups in total. The van der Waals surface area contributed by atoms with E-state index in [9.17, 15) is 0 Å². The molecule has 22 heavy (non-hydrogen) atoms. The minimum Gasteiger partial charge on any atom is -0.472 e. The molecule has 0 radical (unpaired) electrons. The minimum atomic E-state index is -0.255. The summed E-state index contributed by atoms with van der Waals surface area (Å²) in [6.45, 7) is 6.68. The zero-order valence-electron chi connectivity index (χ0n) is 12.8. The number of rotatable bonds is 4. The molecule has 3 heterocycles. The quantitative estimate of drug-likeness (QED) is 0.792. The highest BCUT2D eigenvalue weighted by atomic mass is 32.1. The zero-order chi connectivity index (χ0) is 15.6. The number of nitrogens with one attached hydrogen (secondary N) is 1. The fourth-order valence-electron chi connectivity index (χ4n) is 2.05. The van der Waals surface area contributed by atoms with E-state index in [0.29, 0.717) is 12.4 Å². The maximum Gasteiger partial charge on any atom is 0.214 e. The third-order valence-corrected chi connectivity index (χ3v) is 3.75. The molecule has 0 saturated carbocycles. The van der Waals surface area contributed by atoms with E-state index in [0.717, 1.165) is 21.6 Å². The second-order valence-electron chi connectivity index (χ2n) is 5.93. The van der Waals surface area contributed by atoms with Gasteiger partial charge in [0.15, 0.2) is 0 Å². The first-order valence-corrected chi connectivity index (χ1v) is 7.95. The summed E-state index contributed by atoms with van der Waals surface area (Å²) in [5, 5.41) is 6.42. The highest BCUT2D eigenvalue weighted by Gasteiger charge is 2.13. The number of nitrogens with zero attached hydrogens (tertiary/aromatic N) is 3. The van der Waals surface area contributed by atoms with Gasteiger partial charge < -0.3 is 10.1 Å². The molecule has 0 aliphatic carbocycles. The molecule has 0 bridgehead atoms. The van der Waals surface area contributed by atoms with E-state index in [1.54, 1.807) is 23.9 Å². The number of ether oxygens (including phenoxy) is 1. The average molecular weight is 314 g/mol. The van der Waals surface area contributed by atoms with Gasteiger partial charge in [-0.05, 0) is 43.8 Å². The van der Waals surface area contributed by atoms with Crippen molar-refractivity contribution in [3.8, 4) is 5.88 Å². The van der Waals surface area contributed by atoms with Crippen LogP contribution >= 0.6 is 11.3 Å². The van der Waals surface area contributed by atoms with Crippen molar-refractivity contribution in [2.75, 3.05) is 5.32 Å². The van der Waals surface area contributed by atoms with Crippen molar-refractivity contribution < 1.29 is 4.74 Å². The lowest BCUT2D eigenvalue weighted by atomic mass is 10.2. The van der Waals surface area contributed by atoms with Crippen LogP contribution in [0.3, 0.4) is 0 Å². The van der Waals surface area contributed by atoms with Crippen molar-refractivity contribution in [2.24, 2.45) is 0 Å². The van der Waals surface area contributed by atoms with Crippen LogP contribution in [0.5, 0.6) is 5.88 Å². The van der Waals surface area contributed by atoms with Crippen molar-refractivity contribution in [1.29, 1.82) is 0 Å². The van der Waals surface area contributed by atoms with Crippen LogP contribution in [0.25, 0.3) is 10.2 Å². The van der Waals surface area contributed by atoms with Gasteiger partial charge in [0.05, 0.1) is 5.39 Å². The molecule has 0 atom stereocenters. The average Bonchev–Trinajstić information content (AvgIpc) is 2.92. The molecule has 0 saturated heterocycles. The topological polar surface area (TPSA) is 59.9 Å². The second-order valence-corrected chi connectivity index (χ2v) is 6.83. The fourth-order valence-corrected chi connectivity index (χ4v) is 2.78. The summed E-state index contributed by atoms with van der Waals surface area (Å²) in [6.07, 6.45) is 3.35.